The molecule has 1 heterocycles. The quantitative estimate of drug-likeness (QED) is 0.748. The van der Waals surface area contributed by atoms with Crippen molar-refractivity contribution in [2.45, 2.75) is 51.6 Å². The van der Waals surface area contributed by atoms with Crippen molar-refractivity contribution in [2.24, 2.45) is 5.73 Å². The van der Waals surface area contributed by atoms with Crippen molar-refractivity contribution in [1.82, 2.24) is 9.62 Å². The van der Waals surface area contributed by atoms with Gasteiger partial charge in [-0.25, -0.2) is 12.7 Å². The molecule has 0 aromatic rings. The van der Waals surface area contributed by atoms with Crippen LogP contribution in [0.15, 0.2) is 0 Å². The van der Waals surface area contributed by atoms with Crippen molar-refractivity contribution in [1.29, 1.82) is 0 Å². The molecular weight excluding hydrogens is 266 g/mol. The van der Waals surface area contributed by atoms with E-state index in [0.717, 1.165) is 0 Å². The molecule has 1 aliphatic rings. The molecule has 1 saturated heterocycles. The molecule has 3 N–H and O–H groups in total. The lowest BCUT2D eigenvalue weighted by Gasteiger charge is -2.31. The van der Waals surface area contributed by atoms with Gasteiger partial charge >= 0.3 is 0 Å². The van der Waals surface area contributed by atoms with Crippen LogP contribution < -0.4 is 11.1 Å². The summed E-state index contributed by atoms with van der Waals surface area (Å²) in [5, 5.41) is 2.92. The maximum atomic E-state index is 11.7. The molecule has 0 bridgehead atoms. The largest absolute Gasteiger partial charge is 0.353 e. The summed E-state index contributed by atoms with van der Waals surface area (Å²) in [5.74, 6) is 0.0649. The van der Waals surface area contributed by atoms with Gasteiger partial charge < -0.3 is 11.1 Å². The molecule has 1 rings (SSSR count). The minimum absolute atomic E-state index is 0.0538. The Hall–Kier alpha value is -0.660. The topological polar surface area (TPSA) is 92.5 Å². The molecule has 19 heavy (non-hydrogen) atoms. The lowest BCUT2D eigenvalue weighted by molar-refractivity contribution is -0.122. The molecule has 0 saturated carbocycles. The van der Waals surface area contributed by atoms with Gasteiger partial charge in [0.2, 0.25) is 15.9 Å². The van der Waals surface area contributed by atoms with Gasteiger partial charge in [0.15, 0.2) is 0 Å². The van der Waals surface area contributed by atoms with Gasteiger partial charge in [0.05, 0.1) is 5.75 Å². The van der Waals surface area contributed by atoms with Crippen LogP contribution in [-0.4, -0.2) is 49.1 Å². The van der Waals surface area contributed by atoms with Gasteiger partial charge in [-0.05, 0) is 33.6 Å². The third-order valence-corrected chi connectivity index (χ3v) is 5.07. The number of rotatable bonds is 5. The van der Waals surface area contributed by atoms with Crippen molar-refractivity contribution in [3.63, 3.8) is 0 Å². The van der Waals surface area contributed by atoms with E-state index in [-0.39, 0.29) is 24.1 Å². The predicted molar refractivity (Wildman–Crippen MR) is 75.1 cm³/mol. The van der Waals surface area contributed by atoms with Crippen LogP contribution in [-0.2, 0) is 14.8 Å². The summed E-state index contributed by atoms with van der Waals surface area (Å²) in [6.45, 7) is 6.22. The number of amides is 1. The molecule has 112 valence electrons. The van der Waals surface area contributed by atoms with Crippen LogP contribution >= 0.6 is 0 Å². The number of carbonyl (C=O) groups is 1. The Morgan fingerprint density at radius 1 is 1.37 bits per heavy atom. The summed E-state index contributed by atoms with van der Waals surface area (Å²) in [7, 11) is -3.10. The standard InChI is InChI=1S/C12H25N3O3S/c1-4-19(17,18)15-7-5-10(6-8-15)14-11(16)9-12(2,3)13/h10H,4-9,13H2,1-3H3,(H,14,16). The zero-order chi connectivity index (χ0) is 14.7. The summed E-state index contributed by atoms with van der Waals surface area (Å²) >= 11 is 0. The van der Waals surface area contributed by atoms with Gasteiger partial charge in [0, 0.05) is 31.1 Å². The first-order valence-electron chi connectivity index (χ1n) is 6.70. The fraction of sp³-hybridized carbons (Fsp3) is 0.917. The van der Waals surface area contributed by atoms with E-state index in [1.165, 1.54) is 4.31 Å². The molecule has 6 nitrogen and oxygen atoms in total. The molecule has 1 aliphatic heterocycles. The maximum Gasteiger partial charge on any atom is 0.222 e. The Kier molecular flexibility index (Phi) is 5.34. The van der Waals surface area contributed by atoms with E-state index in [1.54, 1.807) is 6.92 Å². The molecule has 7 heteroatoms. The summed E-state index contributed by atoms with van der Waals surface area (Å²) in [4.78, 5) is 11.7. The molecule has 0 spiro atoms. The zero-order valence-electron chi connectivity index (χ0n) is 12.0. The first kappa shape index (κ1) is 16.4. The number of nitrogens with two attached hydrogens (primary N) is 1. The molecule has 0 atom stereocenters. The first-order chi connectivity index (χ1) is 8.64. The lowest BCUT2D eigenvalue weighted by atomic mass is 10.0. The number of piperidine rings is 1. The van der Waals surface area contributed by atoms with Gasteiger partial charge in [-0.1, -0.05) is 0 Å². The number of hydrogen-bond donors (Lipinski definition) is 2. The van der Waals surface area contributed by atoms with E-state index in [0.29, 0.717) is 25.9 Å². The fourth-order valence-corrected chi connectivity index (χ4v) is 3.29. The van der Waals surface area contributed by atoms with Gasteiger partial charge in [-0.15, -0.1) is 0 Å². The number of nitrogens with zero attached hydrogens (tertiary/aromatic N) is 1. The lowest BCUT2D eigenvalue weighted by Crippen LogP contribution is -2.48. The molecule has 1 fully saturated rings. The highest BCUT2D eigenvalue weighted by Gasteiger charge is 2.28. The Balaban J connectivity index is 2.41. The smallest absolute Gasteiger partial charge is 0.222 e. The van der Waals surface area contributed by atoms with E-state index in [9.17, 15) is 13.2 Å². The second-order valence-corrected chi connectivity index (χ2v) is 8.06. The van der Waals surface area contributed by atoms with Gasteiger partial charge in [0.25, 0.3) is 0 Å². The molecule has 1 amide bonds. The monoisotopic (exact) mass is 291 g/mol. The summed E-state index contributed by atoms with van der Waals surface area (Å²) < 4.78 is 24.9. The van der Waals surface area contributed by atoms with Crippen LogP contribution in [0.2, 0.25) is 0 Å². The zero-order valence-corrected chi connectivity index (χ0v) is 12.8. The van der Waals surface area contributed by atoms with Gasteiger partial charge in [0.1, 0.15) is 0 Å². The van der Waals surface area contributed by atoms with Crippen molar-refractivity contribution in [2.75, 3.05) is 18.8 Å². The third-order valence-electron chi connectivity index (χ3n) is 3.19. The maximum absolute atomic E-state index is 11.7. The predicted octanol–water partition coefficient (Wildman–Crippen LogP) is 0.0441. The SMILES string of the molecule is CCS(=O)(=O)N1CCC(NC(=O)CC(C)(C)N)CC1. The van der Waals surface area contributed by atoms with Crippen LogP contribution in [0, 0.1) is 0 Å². The van der Waals surface area contributed by atoms with Crippen LogP contribution in [0.3, 0.4) is 0 Å². The van der Waals surface area contributed by atoms with Crippen LogP contribution in [0.5, 0.6) is 0 Å². The molecule has 0 aromatic heterocycles. The summed E-state index contributed by atoms with van der Waals surface area (Å²) in [6.07, 6.45) is 1.60. The van der Waals surface area contributed by atoms with E-state index >= 15 is 0 Å². The van der Waals surface area contributed by atoms with Crippen molar-refractivity contribution >= 4 is 15.9 Å². The Labute approximate surface area is 115 Å². The highest BCUT2D eigenvalue weighted by Crippen LogP contribution is 2.15. The van der Waals surface area contributed by atoms with Crippen LogP contribution in [0.25, 0.3) is 0 Å². The fourth-order valence-electron chi connectivity index (χ4n) is 2.15. The first-order valence-corrected chi connectivity index (χ1v) is 8.31. The molecule has 0 aliphatic carbocycles. The molecule has 0 aromatic carbocycles. The summed E-state index contributed by atoms with van der Waals surface area (Å²) in [5.41, 5.74) is 5.27. The Morgan fingerprint density at radius 3 is 2.32 bits per heavy atom. The van der Waals surface area contributed by atoms with Gasteiger partial charge in [-0.2, -0.15) is 0 Å². The average Bonchev–Trinajstić information content (AvgIpc) is 2.27. The highest BCUT2D eigenvalue weighted by atomic mass is 32.2. The minimum atomic E-state index is -3.10. The Bertz CT molecular complexity index is 406. The van der Waals surface area contributed by atoms with E-state index in [1.807, 2.05) is 13.8 Å². The van der Waals surface area contributed by atoms with Gasteiger partial charge in [-0.3, -0.25) is 4.79 Å². The molecule has 0 unspecified atom stereocenters. The number of sulfonamides is 1. The second-order valence-electron chi connectivity index (χ2n) is 5.81. The minimum Gasteiger partial charge on any atom is -0.353 e. The van der Waals surface area contributed by atoms with Crippen molar-refractivity contribution < 1.29 is 13.2 Å². The summed E-state index contributed by atoms with van der Waals surface area (Å²) in [6, 6.07) is 0.0538. The van der Waals surface area contributed by atoms with E-state index < -0.39 is 15.6 Å². The third kappa shape index (κ3) is 5.46. The number of nitrogens with one attached hydrogen (secondary N) is 1. The van der Waals surface area contributed by atoms with Crippen molar-refractivity contribution in [3.8, 4) is 0 Å². The van der Waals surface area contributed by atoms with E-state index in [4.69, 9.17) is 5.73 Å². The van der Waals surface area contributed by atoms with Crippen LogP contribution in [0.1, 0.15) is 40.0 Å². The van der Waals surface area contributed by atoms with E-state index in [2.05, 4.69) is 5.32 Å². The molecule has 0 radical (unpaired) electrons. The number of carbonyl (C=O) groups excluding carboxylic acids is 1. The normalized spacial score (nSPS) is 19.4. The Morgan fingerprint density at radius 2 is 1.89 bits per heavy atom. The van der Waals surface area contributed by atoms with Crippen LogP contribution in [0.4, 0.5) is 0 Å². The van der Waals surface area contributed by atoms with Crippen molar-refractivity contribution in [3.05, 3.63) is 0 Å². The average molecular weight is 291 g/mol. The molecular formula is C12H25N3O3S. The second kappa shape index (κ2) is 6.19. The number of hydrogen-bond acceptors (Lipinski definition) is 4. The highest BCUT2D eigenvalue weighted by molar-refractivity contribution is 7.89.